The van der Waals surface area contributed by atoms with E-state index in [1.807, 2.05) is 66.7 Å². The van der Waals surface area contributed by atoms with E-state index in [1.165, 1.54) is 6.07 Å². The fraction of sp³-hybridized carbons (Fsp3) is 0.139. The van der Waals surface area contributed by atoms with Crippen molar-refractivity contribution in [3.05, 3.63) is 132 Å². The zero-order chi connectivity index (χ0) is 31.4. The first-order chi connectivity index (χ1) is 21.9. The molecule has 0 saturated carbocycles. The number of amides is 2. The van der Waals surface area contributed by atoms with Gasteiger partial charge in [0.15, 0.2) is 0 Å². The molecular weight excluding hydrogens is 572 g/mol. The molecule has 228 valence electrons. The number of nitrogens with one attached hydrogen (secondary N) is 2. The summed E-state index contributed by atoms with van der Waals surface area (Å²) in [6, 6.07) is 34.5. The Balaban J connectivity index is 1.06. The number of hydrogen-bond donors (Lipinski definition) is 3. The first-order valence-electron chi connectivity index (χ1n) is 14.4. The van der Waals surface area contributed by atoms with Crippen LogP contribution >= 0.6 is 0 Å². The first-order valence-corrected chi connectivity index (χ1v) is 14.4. The van der Waals surface area contributed by atoms with Crippen LogP contribution < -0.4 is 20.1 Å². The molecule has 0 heterocycles. The number of anilines is 1. The molecule has 9 nitrogen and oxygen atoms in total. The number of benzene rings is 5. The van der Waals surface area contributed by atoms with Gasteiger partial charge in [0.25, 0.3) is 0 Å². The summed E-state index contributed by atoms with van der Waals surface area (Å²) in [4.78, 5) is 35.7. The van der Waals surface area contributed by atoms with Crippen molar-refractivity contribution in [2.45, 2.75) is 19.4 Å². The van der Waals surface area contributed by atoms with Gasteiger partial charge in [0, 0.05) is 6.54 Å². The SMILES string of the molecule is O=C(Cc1ccc(Oc2ccc3cc(OCCCNC(=O)OCc4ccccc4)ccc3c2)cc1)Nc1ccccc1C(=O)O. The quantitative estimate of drug-likeness (QED) is 0.121. The molecule has 5 rings (SSSR count). The number of carboxylic acid groups (broad SMARTS) is 1. The molecular formula is C36H32N2O7. The maximum absolute atomic E-state index is 12.5. The highest BCUT2D eigenvalue weighted by atomic mass is 16.5. The van der Waals surface area contributed by atoms with Gasteiger partial charge in [-0.2, -0.15) is 0 Å². The van der Waals surface area contributed by atoms with Crippen molar-refractivity contribution in [2.75, 3.05) is 18.5 Å². The van der Waals surface area contributed by atoms with Crippen molar-refractivity contribution in [3.63, 3.8) is 0 Å². The number of para-hydroxylation sites is 1. The van der Waals surface area contributed by atoms with Crippen LogP contribution in [0.25, 0.3) is 10.8 Å². The monoisotopic (exact) mass is 604 g/mol. The van der Waals surface area contributed by atoms with E-state index in [0.717, 1.165) is 27.6 Å². The Bertz CT molecular complexity index is 1770. The van der Waals surface area contributed by atoms with Crippen LogP contribution in [0, 0.1) is 0 Å². The summed E-state index contributed by atoms with van der Waals surface area (Å²) in [5, 5.41) is 16.7. The second kappa shape index (κ2) is 15.1. The molecule has 0 fully saturated rings. The van der Waals surface area contributed by atoms with Crippen molar-refractivity contribution in [1.29, 1.82) is 0 Å². The molecule has 0 bridgehead atoms. The Kier molecular flexibility index (Phi) is 10.3. The number of alkyl carbamates (subject to hydrolysis) is 1. The molecule has 0 atom stereocenters. The van der Waals surface area contributed by atoms with Crippen LogP contribution in [0.2, 0.25) is 0 Å². The van der Waals surface area contributed by atoms with Crippen molar-refractivity contribution in [1.82, 2.24) is 5.32 Å². The molecule has 0 spiro atoms. The van der Waals surface area contributed by atoms with Gasteiger partial charge in [-0.3, -0.25) is 4.79 Å². The lowest BCUT2D eigenvalue weighted by Crippen LogP contribution is -2.26. The third-order valence-electron chi connectivity index (χ3n) is 6.81. The average molecular weight is 605 g/mol. The number of rotatable bonds is 13. The molecule has 0 aliphatic rings. The topological polar surface area (TPSA) is 123 Å². The minimum Gasteiger partial charge on any atom is -0.494 e. The summed E-state index contributed by atoms with van der Waals surface area (Å²) < 4.78 is 17.1. The molecule has 3 N–H and O–H groups in total. The maximum atomic E-state index is 12.5. The van der Waals surface area contributed by atoms with Crippen molar-refractivity contribution in [2.24, 2.45) is 0 Å². The van der Waals surface area contributed by atoms with E-state index in [2.05, 4.69) is 10.6 Å². The standard InChI is InChI=1S/C36H32N2O7/c39-34(38-33-10-5-4-9-32(33)35(40)41)21-25-11-15-29(16-12-25)45-31-18-14-27-22-30(17-13-28(27)23-31)43-20-6-19-37-36(42)44-24-26-7-2-1-3-8-26/h1-5,7-18,22-23H,6,19-21,24H2,(H,37,42)(H,38,39)(H,40,41). The molecule has 0 aliphatic heterocycles. The van der Waals surface area contributed by atoms with Gasteiger partial charge in [-0.1, -0.05) is 66.7 Å². The summed E-state index contributed by atoms with van der Waals surface area (Å²) >= 11 is 0. The first kappa shape index (κ1) is 30.6. The van der Waals surface area contributed by atoms with Gasteiger partial charge in [-0.05, 0) is 76.9 Å². The zero-order valence-electron chi connectivity index (χ0n) is 24.4. The average Bonchev–Trinajstić information content (AvgIpc) is 3.05. The number of carbonyl (C=O) groups is 3. The fourth-order valence-electron chi connectivity index (χ4n) is 4.55. The Hall–Kier alpha value is -5.83. The van der Waals surface area contributed by atoms with Gasteiger partial charge in [0.1, 0.15) is 23.9 Å². The van der Waals surface area contributed by atoms with Crippen LogP contribution in [0.15, 0.2) is 115 Å². The summed E-state index contributed by atoms with van der Waals surface area (Å²) in [5.74, 6) is 0.597. The molecule has 5 aromatic rings. The lowest BCUT2D eigenvalue weighted by atomic mass is 10.1. The lowest BCUT2D eigenvalue weighted by molar-refractivity contribution is -0.115. The molecule has 0 aliphatic carbocycles. The Labute approximate surface area is 260 Å². The number of ether oxygens (including phenoxy) is 3. The predicted octanol–water partition coefficient (Wildman–Crippen LogP) is 7.21. The van der Waals surface area contributed by atoms with Crippen LogP contribution in [0.1, 0.15) is 27.9 Å². The smallest absolute Gasteiger partial charge is 0.407 e. The maximum Gasteiger partial charge on any atom is 0.407 e. The summed E-state index contributed by atoms with van der Waals surface area (Å²) in [5.41, 5.74) is 1.99. The molecule has 2 amide bonds. The van der Waals surface area contributed by atoms with Crippen molar-refractivity contribution in [3.8, 4) is 17.2 Å². The van der Waals surface area contributed by atoms with E-state index >= 15 is 0 Å². The van der Waals surface area contributed by atoms with Crippen LogP contribution in [-0.4, -0.2) is 36.2 Å². The fourth-order valence-corrected chi connectivity index (χ4v) is 4.55. The highest BCUT2D eigenvalue weighted by Gasteiger charge is 2.12. The van der Waals surface area contributed by atoms with E-state index < -0.39 is 12.1 Å². The molecule has 5 aromatic carbocycles. The number of carboxylic acids is 1. The molecule has 0 radical (unpaired) electrons. The van der Waals surface area contributed by atoms with E-state index in [0.29, 0.717) is 31.1 Å². The second-order valence-electron chi connectivity index (χ2n) is 10.2. The van der Waals surface area contributed by atoms with Gasteiger partial charge in [-0.15, -0.1) is 0 Å². The highest BCUT2D eigenvalue weighted by Crippen LogP contribution is 2.28. The normalized spacial score (nSPS) is 10.6. The van der Waals surface area contributed by atoms with Gasteiger partial charge >= 0.3 is 12.1 Å². The Morgan fingerprint density at radius 3 is 2.11 bits per heavy atom. The van der Waals surface area contributed by atoms with Crippen LogP contribution in [0.3, 0.4) is 0 Å². The predicted molar refractivity (Wildman–Crippen MR) is 171 cm³/mol. The number of hydrogen-bond acceptors (Lipinski definition) is 6. The summed E-state index contributed by atoms with van der Waals surface area (Å²) in [6.45, 7) is 1.12. The zero-order valence-corrected chi connectivity index (χ0v) is 24.4. The van der Waals surface area contributed by atoms with E-state index in [1.54, 1.807) is 42.5 Å². The van der Waals surface area contributed by atoms with E-state index in [9.17, 15) is 19.5 Å². The molecule has 45 heavy (non-hydrogen) atoms. The third kappa shape index (κ3) is 9.08. The number of fused-ring (bicyclic) bond motifs is 1. The molecule has 9 heteroatoms. The minimum absolute atomic E-state index is 0.0390. The van der Waals surface area contributed by atoms with Gasteiger partial charge in [-0.25, -0.2) is 9.59 Å². The number of aromatic carboxylic acids is 1. The second-order valence-corrected chi connectivity index (χ2v) is 10.2. The third-order valence-corrected chi connectivity index (χ3v) is 6.81. The van der Waals surface area contributed by atoms with Crippen LogP contribution in [-0.2, 0) is 22.6 Å². The summed E-state index contributed by atoms with van der Waals surface area (Å²) in [6.07, 6.45) is 0.266. The van der Waals surface area contributed by atoms with Crippen molar-refractivity contribution < 1.29 is 33.7 Å². The molecule has 0 saturated heterocycles. The highest BCUT2D eigenvalue weighted by molar-refractivity contribution is 6.01. The summed E-state index contributed by atoms with van der Waals surface area (Å²) in [7, 11) is 0. The molecule has 0 aromatic heterocycles. The number of carbonyl (C=O) groups excluding carboxylic acids is 2. The van der Waals surface area contributed by atoms with E-state index in [-0.39, 0.29) is 30.2 Å². The largest absolute Gasteiger partial charge is 0.494 e. The minimum atomic E-state index is -1.10. The van der Waals surface area contributed by atoms with Crippen LogP contribution in [0.4, 0.5) is 10.5 Å². The lowest BCUT2D eigenvalue weighted by Gasteiger charge is -2.11. The molecule has 0 unspecified atom stereocenters. The van der Waals surface area contributed by atoms with Crippen LogP contribution in [0.5, 0.6) is 17.2 Å². The Morgan fingerprint density at radius 2 is 1.36 bits per heavy atom. The Morgan fingerprint density at radius 1 is 0.689 bits per heavy atom. The van der Waals surface area contributed by atoms with E-state index in [4.69, 9.17) is 14.2 Å². The van der Waals surface area contributed by atoms with Crippen molar-refractivity contribution >= 4 is 34.4 Å². The van der Waals surface area contributed by atoms with Gasteiger partial charge in [0.05, 0.1) is 24.3 Å². The van der Waals surface area contributed by atoms with Gasteiger partial charge in [0.2, 0.25) is 5.91 Å². The van der Waals surface area contributed by atoms with Gasteiger partial charge < -0.3 is 30.0 Å².